The summed E-state index contributed by atoms with van der Waals surface area (Å²) in [7, 11) is 0. The van der Waals surface area contributed by atoms with Crippen LogP contribution in [-0.2, 0) is 29.3 Å². The van der Waals surface area contributed by atoms with E-state index in [1.54, 1.807) is 0 Å². The smallest absolute Gasteiger partial charge is 0.336 e. The van der Waals surface area contributed by atoms with E-state index in [9.17, 15) is 66.1 Å². The molecule has 0 bridgehead atoms. The number of phenols is 3. The van der Waals surface area contributed by atoms with Crippen LogP contribution in [0.25, 0.3) is 0 Å². The van der Waals surface area contributed by atoms with Gasteiger partial charge in [-0.2, -0.15) is 0 Å². The van der Waals surface area contributed by atoms with Crippen molar-refractivity contribution in [2.75, 3.05) is 19.8 Å². The van der Waals surface area contributed by atoms with Crippen LogP contribution in [0.4, 0.5) is 0 Å². The third kappa shape index (κ3) is 6.10. The first-order valence-corrected chi connectivity index (χ1v) is 13.9. The summed E-state index contributed by atoms with van der Waals surface area (Å²) in [5, 5.41) is 124. The molecule has 46 heavy (non-hydrogen) atoms. The molecule has 0 spiro atoms. The zero-order valence-electron chi connectivity index (χ0n) is 23.8. The molecule has 3 aliphatic heterocycles. The summed E-state index contributed by atoms with van der Waals surface area (Å²) in [6.45, 7) is -3.04. The Morgan fingerprint density at radius 2 is 1.30 bits per heavy atom. The van der Waals surface area contributed by atoms with E-state index in [0.29, 0.717) is 6.07 Å². The van der Waals surface area contributed by atoms with Crippen molar-refractivity contribution in [1.29, 1.82) is 0 Å². The minimum absolute atomic E-state index is 0.486. The molecule has 262 valence electrons. The van der Waals surface area contributed by atoms with Crippen LogP contribution in [-0.4, -0.2) is 173 Å². The Morgan fingerprint density at radius 1 is 0.783 bits per heavy atom. The molecule has 2 unspecified atom stereocenters. The summed E-state index contributed by atoms with van der Waals surface area (Å²) >= 11 is 0. The maximum Gasteiger partial charge on any atom is 0.336 e. The number of aliphatic hydroxyl groups excluding tert-OH is 8. The number of benzene rings is 1. The average Bonchev–Trinajstić information content (AvgIpc) is 3.03. The predicted molar refractivity (Wildman–Crippen MR) is 143 cm³/mol. The number of carboxylic acids is 1. The standard InChI is InChI=1S/C25H39N3O18/c26-10-15(35)18(7(2-29)42-22(10)41)44-23-11(27)16(36)19(8(3-30)43-23)45-24-12(28)17(37)20(38)25(4-31,46-24)9-5(21(39)40)1-6(32)13(33)14(9)34/h1,7-8,10-12,15-20,22-24,29-38,41H,2-4,26-28H2,(H,39,40)/t7-,8-,10-,11-,12-,15-,16-,17-,18?,19?,20+,22-,23+,24+,25+/m1/s1. The number of carbonyl (C=O) groups is 1. The molecule has 0 saturated carbocycles. The second-order valence-electron chi connectivity index (χ2n) is 11.2. The number of aliphatic hydroxyl groups is 8. The van der Waals surface area contributed by atoms with Gasteiger partial charge in [0.1, 0.15) is 48.8 Å². The van der Waals surface area contributed by atoms with E-state index < -0.39 is 146 Å². The first kappa shape index (κ1) is 36.3. The van der Waals surface area contributed by atoms with E-state index in [4.69, 9.17) is 40.9 Å². The van der Waals surface area contributed by atoms with E-state index in [1.807, 2.05) is 0 Å². The molecule has 3 saturated heterocycles. The van der Waals surface area contributed by atoms with Gasteiger partial charge in [0.05, 0.1) is 43.5 Å². The van der Waals surface area contributed by atoms with Crippen molar-refractivity contribution in [3.63, 3.8) is 0 Å². The second kappa shape index (κ2) is 13.9. The number of ether oxygens (including phenoxy) is 5. The summed E-state index contributed by atoms with van der Waals surface area (Å²) in [4.78, 5) is 12.0. The molecule has 3 heterocycles. The number of rotatable bonds is 9. The van der Waals surface area contributed by atoms with Crippen molar-refractivity contribution in [3.05, 3.63) is 17.2 Å². The van der Waals surface area contributed by atoms with Gasteiger partial charge in [0, 0.05) is 5.56 Å². The zero-order chi connectivity index (χ0) is 34.4. The Hall–Kier alpha value is -2.55. The van der Waals surface area contributed by atoms with Crippen molar-refractivity contribution in [2.24, 2.45) is 17.2 Å². The van der Waals surface area contributed by atoms with Crippen LogP contribution >= 0.6 is 0 Å². The number of phenolic OH excluding ortho intramolecular Hbond substituents is 3. The van der Waals surface area contributed by atoms with Gasteiger partial charge in [0.15, 0.2) is 36.0 Å². The highest BCUT2D eigenvalue weighted by Gasteiger charge is 2.59. The van der Waals surface area contributed by atoms with Crippen molar-refractivity contribution >= 4 is 5.97 Å². The highest BCUT2D eigenvalue weighted by molar-refractivity contribution is 5.92. The molecular weight excluding hydrogens is 630 g/mol. The topological polar surface area (TPSA) is 384 Å². The van der Waals surface area contributed by atoms with Crippen LogP contribution in [0.2, 0.25) is 0 Å². The number of carboxylic acid groups (broad SMARTS) is 1. The van der Waals surface area contributed by atoms with E-state index in [1.165, 1.54) is 0 Å². The molecule has 0 radical (unpaired) electrons. The lowest BCUT2D eigenvalue weighted by Gasteiger charge is -2.51. The number of hydrogen-bond acceptors (Lipinski definition) is 20. The van der Waals surface area contributed by atoms with Crippen LogP contribution in [0.3, 0.4) is 0 Å². The van der Waals surface area contributed by atoms with Crippen molar-refractivity contribution in [1.82, 2.24) is 0 Å². The first-order valence-electron chi connectivity index (χ1n) is 13.9. The lowest BCUT2D eigenvalue weighted by atomic mass is 9.78. The lowest BCUT2D eigenvalue weighted by molar-refractivity contribution is -0.363. The van der Waals surface area contributed by atoms with Gasteiger partial charge in [0.2, 0.25) is 5.75 Å². The molecule has 4 rings (SSSR count). The van der Waals surface area contributed by atoms with Crippen LogP contribution in [0.1, 0.15) is 15.9 Å². The van der Waals surface area contributed by atoms with Crippen LogP contribution in [0.15, 0.2) is 6.07 Å². The molecule has 3 aliphatic rings. The number of aromatic carboxylic acids is 1. The molecule has 21 heteroatoms. The Kier molecular flexibility index (Phi) is 11.0. The number of hydrogen-bond donors (Lipinski definition) is 15. The zero-order valence-corrected chi connectivity index (χ0v) is 23.8. The molecule has 0 amide bonds. The maximum atomic E-state index is 12.0. The lowest BCUT2D eigenvalue weighted by Crippen LogP contribution is -2.70. The van der Waals surface area contributed by atoms with Crippen LogP contribution in [0, 0.1) is 0 Å². The van der Waals surface area contributed by atoms with Gasteiger partial charge in [-0.3, -0.25) is 0 Å². The van der Waals surface area contributed by atoms with E-state index in [2.05, 4.69) is 0 Å². The summed E-state index contributed by atoms with van der Waals surface area (Å²) in [6, 6.07) is -4.17. The average molecular weight is 670 g/mol. The molecule has 21 nitrogen and oxygen atoms in total. The van der Waals surface area contributed by atoms with E-state index in [-0.39, 0.29) is 0 Å². The monoisotopic (exact) mass is 669 g/mol. The minimum Gasteiger partial charge on any atom is -0.504 e. The van der Waals surface area contributed by atoms with E-state index in [0.717, 1.165) is 0 Å². The molecule has 18 N–H and O–H groups in total. The summed E-state index contributed by atoms with van der Waals surface area (Å²) in [6.07, 6.45) is -19.2. The highest BCUT2D eigenvalue weighted by Crippen LogP contribution is 2.49. The molecule has 1 aromatic carbocycles. The number of nitrogens with two attached hydrogens (primary N) is 3. The van der Waals surface area contributed by atoms with Gasteiger partial charge in [-0.15, -0.1) is 0 Å². The Balaban J connectivity index is 1.64. The molecule has 3 fully saturated rings. The quantitative estimate of drug-likeness (QED) is 0.109. The largest absolute Gasteiger partial charge is 0.504 e. The third-order valence-corrected chi connectivity index (χ3v) is 8.38. The van der Waals surface area contributed by atoms with E-state index >= 15 is 0 Å². The van der Waals surface area contributed by atoms with Crippen molar-refractivity contribution in [2.45, 2.75) is 91.4 Å². The maximum absolute atomic E-state index is 12.0. The van der Waals surface area contributed by atoms with Gasteiger partial charge < -0.3 is 102 Å². The molecule has 15 atom stereocenters. The van der Waals surface area contributed by atoms with Gasteiger partial charge in [0.25, 0.3) is 0 Å². The Labute approximate surface area is 259 Å². The first-order chi connectivity index (χ1) is 21.6. The van der Waals surface area contributed by atoms with Gasteiger partial charge in [-0.05, 0) is 6.07 Å². The Morgan fingerprint density at radius 3 is 1.85 bits per heavy atom. The molecule has 1 aromatic rings. The van der Waals surface area contributed by atoms with Crippen molar-refractivity contribution in [3.8, 4) is 17.2 Å². The molecule has 0 aliphatic carbocycles. The Bertz CT molecular complexity index is 1240. The minimum atomic E-state index is -2.80. The summed E-state index contributed by atoms with van der Waals surface area (Å²) in [5.74, 6) is -5.51. The van der Waals surface area contributed by atoms with Crippen LogP contribution < -0.4 is 17.2 Å². The van der Waals surface area contributed by atoms with Gasteiger partial charge in [-0.1, -0.05) is 0 Å². The third-order valence-electron chi connectivity index (χ3n) is 8.38. The normalized spacial score (nSPS) is 43.4. The predicted octanol–water partition coefficient (Wildman–Crippen LogP) is -7.33. The summed E-state index contributed by atoms with van der Waals surface area (Å²) in [5.41, 5.74) is 13.1. The molecule has 0 aromatic heterocycles. The van der Waals surface area contributed by atoms with Gasteiger partial charge in [-0.25, -0.2) is 4.79 Å². The fourth-order valence-corrected chi connectivity index (χ4v) is 5.74. The fraction of sp³-hybridized carbons (Fsp3) is 0.720. The van der Waals surface area contributed by atoms with Gasteiger partial charge >= 0.3 is 5.97 Å². The summed E-state index contributed by atoms with van der Waals surface area (Å²) < 4.78 is 27.9. The molecular formula is C25H39N3O18. The number of aromatic hydroxyl groups is 3. The van der Waals surface area contributed by atoms with Crippen LogP contribution in [0.5, 0.6) is 17.2 Å². The fourth-order valence-electron chi connectivity index (χ4n) is 5.74. The van der Waals surface area contributed by atoms with Crippen molar-refractivity contribution < 1.29 is 89.8 Å². The second-order valence-corrected chi connectivity index (χ2v) is 11.2. The highest BCUT2D eigenvalue weighted by atomic mass is 16.7. The SMILES string of the molecule is N[C@H]1[C@@H](OC2[C@@H](CO)O[C@@H](OC3[C@@H](CO)O[C@@H](O)[C@H](N)[C@H]3O)[C@H](N)[C@H]2O)O[C@@](CO)(c2c(C(=O)O)cc(O)c(O)c2O)[C@@H](O)[C@@H]1O.